The third-order valence-corrected chi connectivity index (χ3v) is 3.87. The van der Waals surface area contributed by atoms with Gasteiger partial charge in [-0.2, -0.15) is 0 Å². The molecule has 0 aliphatic rings. The summed E-state index contributed by atoms with van der Waals surface area (Å²) in [6.07, 6.45) is 0. The van der Waals surface area contributed by atoms with Crippen molar-refractivity contribution in [3.05, 3.63) is 51.0 Å². The zero-order chi connectivity index (χ0) is 14.7. The summed E-state index contributed by atoms with van der Waals surface area (Å²) in [6, 6.07) is 5.55. The van der Waals surface area contributed by atoms with Crippen LogP contribution in [0.2, 0.25) is 0 Å². The van der Waals surface area contributed by atoms with Gasteiger partial charge in [0.15, 0.2) is 5.69 Å². The summed E-state index contributed by atoms with van der Waals surface area (Å²) in [5.74, 6) is -1.24. The predicted octanol–water partition coefficient (Wildman–Crippen LogP) is 2.39. The lowest BCUT2D eigenvalue weighted by Gasteiger charge is -2.08. The summed E-state index contributed by atoms with van der Waals surface area (Å²) in [5, 5.41) is 13.6. The largest absolute Gasteiger partial charge is 0.476 e. The average molecular weight is 290 g/mol. The van der Waals surface area contributed by atoms with Crippen LogP contribution in [0, 0.1) is 13.8 Å². The van der Waals surface area contributed by atoms with Crippen LogP contribution in [0.4, 0.5) is 0 Å². The molecule has 1 aromatic carbocycles. The highest BCUT2D eigenvalue weighted by atomic mass is 32.1. The third-order valence-electron chi connectivity index (χ3n) is 3.02. The van der Waals surface area contributed by atoms with Crippen LogP contribution in [0.25, 0.3) is 0 Å². The van der Waals surface area contributed by atoms with E-state index in [4.69, 9.17) is 5.11 Å². The highest BCUT2D eigenvalue weighted by molar-refractivity contribution is 7.09. The van der Waals surface area contributed by atoms with E-state index in [-0.39, 0.29) is 18.1 Å². The van der Waals surface area contributed by atoms with Gasteiger partial charge in [-0.15, -0.1) is 11.3 Å². The Labute approximate surface area is 120 Å². The third kappa shape index (κ3) is 3.03. The van der Waals surface area contributed by atoms with E-state index in [1.165, 1.54) is 16.7 Å². The maximum atomic E-state index is 12.1. The zero-order valence-corrected chi connectivity index (χ0v) is 12.0. The number of carbonyl (C=O) groups excluding carboxylic acids is 1. The molecule has 1 amide bonds. The molecule has 6 heteroatoms. The van der Waals surface area contributed by atoms with Crippen LogP contribution in [0.1, 0.15) is 37.0 Å². The number of aromatic nitrogens is 1. The van der Waals surface area contributed by atoms with Gasteiger partial charge in [0.2, 0.25) is 0 Å². The number of nitrogens with one attached hydrogen (secondary N) is 1. The summed E-state index contributed by atoms with van der Waals surface area (Å²) in [5.41, 5.74) is 2.63. The number of hydrogen-bond donors (Lipinski definition) is 2. The van der Waals surface area contributed by atoms with Crippen LogP contribution in [-0.2, 0) is 6.54 Å². The fourth-order valence-electron chi connectivity index (χ4n) is 1.74. The second-order valence-electron chi connectivity index (χ2n) is 4.36. The van der Waals surface area contributed by atoms with Crippen LogP contribution < -0.4 is 5.32 Å². The number of amides is 1. The van der Waals surface area contributed by atoms with Crippen LogP contribution in [-0.4, -0.2) is 22.0 Å². The number of carbonyl (C=O) groups is 2. The molecule has 0 radical (unpaired) electrons. The first-order valence-electron chi connectivity index (χ1n) is 6.01. The highest BCUT2D eigenvalue weighted by Gasteiger charge is 2.12. The number of benzene rings is 1. The van der Waals surface area contributed by atoms with Crippen molar-refractivity contribution >= 4 is 23.2 Å². The molecule has 20 heavy (non-hydrogen) atoms. The van der Waals surface area contributed by atoms with Gasteiger partial charge in [0.05, 0.1) is 6.54 Å². The number of carboxylic acid groups (broad SMARTS) is 1. The Morgan fingerprint density at radius 1 is 1.35 bits per heavy atom. The number of thiazole rings is 1. The summed E-state index contributed by atoms with van der Waals surface area (Å²) >= 11 is 1.22. The van der Waals surface area contributed by atoms with E-state index in [1.807, 2.05) is 26.0 Å². The molecule has 0 saturated carbocycles. The van der Waals surface area contributed by atoms with Gasteiger partial charge in [-0.25, -0.2) is 9.78 Å². The summed E-state index contributed by atoms with van der Waals surface area (Å²) in [7, 11) is 0. The van der Waals surface area contributed by atoms with Gasteiger partial charge < -0.3 is 10.4 Å². The average Bonchev–Trinajstić information content (AvgIpc) is 2.88. The van der Waals surface area contributed by atoms with E-state index < -0.39 is 5.97 Å². The number of aryl methyl sites for hydroxylation is 1. The minimum atomic E-state index is -1.06. The number of aromatic carboxylic acids is 1. The molecule has 1 aromatic heterocycles. The van der Waals surface area contributed by atoms with E-state index in [0.717, 1.165) is 11.1 Å². The van der Waals surface area contributed by atoms with Gasteiger partial charge >= 0.3 is 5.97 Å². The summed E-state index contributed by atoms with van der Waals surface area (Å²) in [4.78, 5) is 26.7. The Balaban J connectivity index is 2.05. The molecule has 0 aliphatic heterocycles. The van der Waals surface area contributed by atoms with Gasteiger partial charge in [0.1, 0.15) is 5.01 Å². The number of nitrogens with zero attached hydrogens (tertiary/aromatic N) is 1. The molecule has 2 N–H and O–H groups in total. The first kappa shape index (κ1) is 14.2. The molecule has 1 heterocycles. The Morgan fingerprint density at radius 2 is 2.10 bits per heavy atom. The first-order valence-corrected chi connectivity index (χ1v) is 6.89. The fourth-order valence-corrected chi connectivity index (χ4v) is 2.45. The van der Waals surface area contributed by atoms with Crippen molar-refractivity contribution in [2.24, 2.45) is 0 Å². The van der Waals surface area contributed by atoms with Crippen molar-refractivity contribution in [3.8, 4) is 0 Å². The smallest absolute Gasteiger partial charge is 0.355 e. The van der Waals surface area contributed by atoms with Gasteiger partial charge in [-0.05, 0) is 31.0 Å². The van der Waals surface area contributed by atoms with E-state index in [9.17, 15) is 9.59 Å². The SMILES string of the molecule is Cc1cccc(C(=O)NCc2nc(C(=O)O)cs2)c1C. The predicted molar refractivity (Wildman–Crippen MR) is 76.2 cm³/mol. The topological polar surface area (TPSA) is 79.3 Å². The second-order valence-corrected chi connectivity index (χ2v) is 5.30. The highest BCUT2D eigenvalue weighted by Crippen LogP contribution is 2.13. The maximum Gasteiger partial charge on any atom is 0.355 e. The lowest BCUT2D eigenvalue weighted by Crippen LogP contribution is -2.23. The van der Waals surface area contributed by atoms with Crippen LogP contribution >= 0.6 is 11.3 Å². The van der Waals surface area contributed by atoms with Gasteiger partial charge in [0.25, 0.3) is 5.91 Å². The first-order chi connectivity index (χ1) is 9.49. The lowest BCUT2D eigenvalue weighted by atomic mass is 10.0. The minimum absolute atomic E-state index is 0.00554. The van der Waals surface area contributed by atoms with Crippen LogP contribution in [0.3, 0.4) is 0 Å². The van der Waals surface area contributed by atoms with E-state index in [1.54, 1.807) is 6.07 Å². The molecular weight excluding hydrogens is 276 g/mol. The molecule has 0 bridgehead atoms. The van der Waals surface area contributed by atoms with Crippen molar-refractivity contribution < 1.29 is 14.7 Å². The summed E-state index contributed by atoms with van der Waals surface area (Å²) < 4.78 is 0. The van der Waals surface area contributed by atoms with Gasteiger partial charge in [-0.3, -0.25) is 4.79 Å². The monoisotopic (exact) mass is 290 g/mol. The zero-order valence-electron chi connectivity index (χ0n) is 11.1. The van der Waals surface area contributed by atoms with E-state index >= 15 is 0 Å². The maximum absolute atomic E-state index is 12.1. The molecule has 0 unspecified atom stereocenters. The molecule has 104 valence electrons. The number of carboxylic acids is 1. The molecule has 0 aliphatic carbocycles. The fraction of sp³-hybridized carbons (Fsp3) is 0.214. The molecule has 0 saturated heterocycles. The lowest BCUT2D eigenvalue weighted by molar-refractivity contribution is 0.0691. The molecule has 2 rings (SSSR count). The quantitative estimate of drug-likeness (QED) is 0.906. The Hall–Kier alpha value is -2.21. The molecule has 0 spiro atoms. The number of rotatable bonds is 4. The van der Waals surface area contributed by atoms with Crippen LogP contribution in [0.15, 0.2) is 23.6 Å². The Bertz CT molecular complexity index is 664. The molecule has 0 fully saturated rings. The van der Waals surface area contributed by atoms with E-state index in [2.05, 4.69) is 10.3 Å². The minimum Gasteiger partial charge on any atom is -0.476 e. The van der Waals surface area contributed by atoms with Crippen molar-refractivity contribution in [2.75, 3.05) is 0 Å². The van der Waals surface area contributed by atoms with Crippen molar-refractivity contribution in [3.63, 3.8) is 0 Å². The standard InChI is InChI=1S/C14H14N2O3S/c1-8-4-3-5-10(9(8)2)13(17)15-6-12-16-11(7-20-12)14(18)19/h3-5,7H,6H2,1-2H3,(H,15,17)(H,18,19). The second kappa shape index (κ2) is 5.83. The molecular formula is C14H14N2O3S. The molecule has 5 nitrogen and oxygen atoms in total. The normalized spacial score (nSPS) is 10.3. The Kier molecular flexibility index (Phi) is 4.14. The summed E-state index contributed by atoms with van der Waals surface area (Å²) in [6.45, 7) is 4.08. The van der Waals surface area contributed by atoms with Crippen molar-refractivity contribution in [2.45, 2.75) is 20.4 Å². The van der Waals surface area contributed by atoms with Crippen molar-refractivity contribution in [1.82, 2.24) is 10.3 Å². The molecule has 2 aromatic rings. The van der Waals surface area contributed by atoms with Crippen LogP contribution in [0.5, 0.6) is 0 Å². The van der Waals surface area contributed by atoms with Crippen molar-refractivity contribution in [1.29, 1.82) is 0 Å². The van der Waals surface area contributed by atoms with Gasteiger partial charge in [0, 0.05) is 10.9 Å². The van der Waals surface area contributed by atoms with E-state index in [0.29, 0.717) is 10.6 Å². The van der Waals surface area contributed by atoms with Gasteiger partial charge in [-0.1, -0.05) is 12.1 Å². The number of hydrogen-bond acceptors (Lipinski definition) is 4. The Morgan fingerprint density at radius 3 is 2.75 bits per heavy atom. The molecule has 0 atom stereocenters.